The number of rotatable bonds is 0. The molecule has 0 saturated carbocycles. The molecule has 0 spiro atoms. The van der Waals surface area contributed by atoms with Crippen LogP contribution in [0.1, 0.15) is 0 Å². The van der Waals surface area contributed by atoms with Gasteiger partial charge in [0.15, 0.2) is 0 Å². The average Bonchev–Trinajstić information content (AvgIpc) is 0.722. The second-order valence-corrected chi connectivity index (χ2v) is 1.50. The summed E-state index contributed by atoms with van der Waals surface area (Å²) in [5, 5.41) is 0. The summed E-state index contributed by atoms with van der Waals surface area (Å²) in [6, 6.07) is 0. The smallest absolute Gasteiger partial charge is 0.894 e. The Hall–Kier alpha value is 2.94. The van der Waals surface area contributed by atoms with E-state index in [0.29, 0.717) is 0 Å². The van der Waals surface area contributed by atoms with Gasteiger partial charge in [0.1, 0.15) is 0 Å². The molecule has 0 aliphatic carbocycles. The standard InChI is InChI=1S/Fe.K.Mg.O4Si.H2O/c;;;1-5(2,3)4;/h;;;;1H2/q+2;+1;+2;-4;/p-1. The van der Waals surface area contributed by atoms with Gasteiger partial charge in [0.05, 0.1) is 0 Å². The van der Waals surface area contributed by atoms with E-state index in [1.165, 1.54) is 0 Å². The molecule has 9 heavy (non-hydrogen) atoms. The van der Waals surface area contributed by atoms with E-state index in [2.05, 4.69) is 0 Å². The van der Waals surface area contributed by atoms with E-state index >= 15 is 0 Å². The molecule has 0 aliphatic rings. The van der Waals surface area contributed by atoms with E-state index < -0.39 is 9.05 Å². The van der Waals surface area contributed by atoms with Crippen molar-refractivity contribution in [1.29, 1.82) is 0 Å². The first-order valence-electron chi connectivity index (χ1n) is 0.816. The second-order valence-electron chi connectivity index (χ2n) is 0.500. The van der Waals surface area contributed by atoms with Crippen molar-refractivity contribution in [3.8, 4) is 0 Å². The summed E-state index contributed by atoms with van der Waals surface area (Å²) in [5.41, 5.74) is 0. The molecule has 0 bridgehead atoms. The Balaban J connectivity index is -0.0000000133. The van der Waals surface area contributed by atoms with Crippen LogP contribution in [0.4, 0.5) is 0 Å². The van der Waals surface area contributed by atoms with Gasteiger partial charge in [0.2, 0.25) is 0 Å². The molecule has 0 unspecified atom stereocenters. The fourth-order valence-electron chi connectivity index (χ4n) is 0. The predicted molar refractivity (Wildman–Crippen MR) is 13.4 cm³/mol. The predicted octanol–water partition coefficient (Wildman–Crippen LogP) is -8.69. The quantitative estimate of drug-likeness (QED) is 0.381. The van der Waals surface area contributed by atoms with Gasteiger partial charge in [-0.25, -0.2) is 0 Å². The molecule has 0 fully saturated rings. The third-order valence-corrected chi connectivity index (χ3v) is 0. The van der Waals surface area contributed by atoms with E-state index in [4.69, 9.17) is 19.2 Å². The van der Waals surface area contributed by atoms with Crippen molar-refractivity contribution in [3.63, 3.8) is 0 Å². The van der Waals surface area contributed by atoms with Gasteiger partial charge in [-0.3, -0.25) is 0 Å². The normalized spacial score (nSPS) is 6.67. The van der Waals surface area contributed by atoms with Gasteiger partial charge in [-0.15, -0.1) is 0 Å². The maximum atomic E-state index is 8.58. The minimum absolute atomic E-state index is 0. The minimum Gasteiger partial charge on any atom is -0.894 e. The van der Waals surface area contributed by atoms with Crippen molar-refractivity contribution in [2.45, 2.75) is 0 Å². The molecule has 0 aromatic rings. The SMILES string of the molecule is [Fe+2].[K+].[Mg+2].[O-][Si]([O-])([O-])[O-].[OH-]. The Labute approximate surface area is 123 Å². The van der Waals surface area contributed by atoms with Crippen LogP contribution >= 0.6 is 0 Å². The van der Waals surface area contributed by atoms with Crippen molar-refractivity contribution in [1.82, 2.24) is 0 Å². The van der Waals surface area contributed by atoms with Gasteiger partial charge < -0.3 is 33.7 Å². The number of hydrogen-bond donors (Lipinski definition) is 0. The molecule has 1 N–H and O–H groups in total. The summed E-state index contributed by atoms with van der Waals surface area (Å²) in [6.45, 7) is 0. The molecule has 0 atom stereocenters. The maximum absolute atomic E-state index is 8.58. The van der Waals surface area contributed by atoms with Crippen LogP contribution in [0.25, 0.3) is 0 Å². The zero-order valence-electron chi connectivity index (χ0n) is 4.64. The third kappa shape index (κ3) is 101. The first-order chi connectivity index (χ1) is 2.00. The zero-order valence-corrected chi connectivity index (χ0v) is 11.3. The molecule has 0 aromatic heterocycles. The molecule has 0 heterocycles. The van der Waals surface area contributed by atoms with Crippen molar-refractivity contribution >= 4 is 32.1 Å². The summed E-state index contributed by atoms with van der Waals surface area (Å²) in [5.74, 6) is 0. The van der Waals surface area contributed by atoms with E-state index in [1.807, 2.05) is 0 Å². The van der Waals surface area contributed by atoms with E-state index in [0.717, 1.165) is 0 Å². The summed E-state index contributed by atoms with van der Waals surface area (Å²) in [4.78, 5) is 34.3. The second kappa shape index (κ2) is 13.5. The minimum atomic E-state index is -5.61. The summed E-state index contributed by atoms with van der Waals surface area (Å²) in [6.07, 6.45) is 0. The van der Waals surface area contributed by atoms with Gasteiger partial charge >= 0.3 is 91.5 Å². The Bertz CT molecular complexity index is 32.4. The van der Waals surface area contributed by atoms with Crippen LogP contribution in [-0.2, 0) is 17.1 Å². The fraction of sp³-hybridized carbons (Fsp3) is 0. The maximum Gasteiger partial charge on any atom is 2.00 e. The van der Waals surface area contributed by atoms with Crippen LogP contribution in [0.2, 0.25) is 0 Å². The van der Waals surface area contributed by atoms with Crippen LogP contribution in [0, 0.1) is 0 Å². The summed E-state index contributed by atoms with van der Waals surface area (Å²) >= 11 is 0. The number of hydrogen-bond acceptors (Lipinski definition) is 5. The van der Waals surface area contributed by atoms with Crippen LogP contribution < -0.4 is 70.6 Å². The van der Waals surface area contributed by atoms with E-state index in [-0.39, 0.29) is 97.0 Å². The van der Waals surface area contributed by atoms with Crippen molar-refractivity contribution in [2.24, 2.45) is 0 Å². The van der Waals surface area contributed by atoms with Crippen LogP contribution in [0.3, 0.4) is 0 Å². The molecule has 5 nitrogen and oxygen atoms in total. The average molecular weight is 228 g/mol. The van der Waals surface area contributed by atoms with Crippen LogP contribution in [0.5, 0.6) is 0 Å². The molecular weight excluding hydrogens is 227 g/mol. The van der Waals surface area contributed by atoms with E-state index in [1.54, 1.807) is 0 Å². The molecule has 0 aromatic carbocycles. The monoisotopic (exact) mass is 228 g/mol. The van der Waals surface area contributed by atoms with Gasteiger partial charge in [-0.2, -0.15) is 0 Å². The third-order valence-electron chi connectivity index (χ3n) is 0. The van der Waals surface area contributed by atoms with Crippen LogP contribution in [-0.4, -0.2) is 37.6 Å². The first-order valence-corrected chi connectivity index (χ1v) is 2.45. The molecule has 0 saturated heterocycles. The summed E-state index contributed by atoms with van der Waals surface area (Å²) < 4.78 is 0. The van der Waals surface area contributed by atoms with E-state index in [9.17, 15) is 0 Å². The Morgan fingerprint density at radius 2 is 0.889 bits per heavy atom. The Kier molecular flexibility index (Phi) is 44.6. The van der Waals surface area contributed by atoms with Crippen molar-refractivity contribution < 1.29 is 93.1 Å². The van der Waals surface area contributed by atoms with Gasteiger partial charge in [-0.1, -0.05) is 0 Å². The summed E-state index contributed by atoms with van der Waals surface area (Å²) in [7, 11) is -5.61. The Morgan fingerprint density at radius 1 is 0.889 bits per heavy atom. The Morgan fingerprint density at radius 3 is 0.889 bits per heavy atom. The molecule has 0 aliphatic heterocycles. The van der Waals surface area contributed by atoms with Gasteiger partial charge in [0, 0.05) is 0 Å². The largest absolute Gasteiger partial charge is 2.00 e. The van der Waals surface area contributed by atoms with Crippen LogP contribution in [0.15, 0.2) is 0 Å². The molecule has 0 amide bonds. The molecule has 0 rings (SSSR count). The molecule has 0 radical (unpaired) electrons. The van der Waals surface area contributed by atoms with Crippen molar-refractivity contribution in [3.05, 3.63) is 0 Å². The molecular formula is HFeKMgO5Si. The molecule has 9 heteroatoms. The topological polar surface area (TPSA) is 122 Å². The van der Waals surface area contributed by atoms with Crippen molar-refractivity contribution in [2.75, 3.05) is 0 Å². The fourth-order valence-corrected chi connectivity index (χ4v) is 0. The first kappa shape index (κ1) is 29.7. The van der Waals surface area contributed by atoms with Gasteiger partial charge in [-0.05, 0) is 0 Å². The van der Waals surface area contributed by atoms with Gasteiger partial charge in [0.25, 0.3) is 0 Å². The zero-order chi connectivity index (χ0) is 4.50. The molecule has 46 valence electrons.